The highest BCUT2D eigenvalue weighted by atomic mass is 16.7. The Morgan fingerprint density at radius 3 is 2.31 bits per heavy atom. The predicted octanol–water partition coefficient (Wildman–Crippen LogP) is 6.22. The molecule has 4 fully saturated rings. The van der Waals surface area contributed by atoms with E-state index in [2.05, 4.69) is 39.8 Å². The Kier molecular flexibility index (Phi) is 15.7. The van der Waals surface area contributed by atoms with Gasteiger partial charge in [0.05, 0.1) is 49.3 Å². The molecule has 4 saturated heterocycles. The quantitative estimate of drug-likeness (QED) is 0.198. The molecule has 6 heterocycles. The largest absolute Gasteiger partial charge is 0.462 e. The second-order valence-corrected chi connectivity index (χ2v) is 19.9. The zero-order valence-electron chi connectivity index (χ0n) is 39.7. The molecule has 0 radical (unpaired) electrons. The lowest BCUT2D eigenvalue weighted by Gasteiger charge is -2.48. The van der Waals surface area contributed by atoms with Crippen molar-refractivity contribution in [2.24, 2.45) is 29.6 Å². The van der Waals surface area contributed by atoms with Gasteiger partial charge in [0.25, 0.3) is 0 Å². The third-order valence-corrected chi connectivity index (χ3v) is 14.7. The van der Waals surface area contributed by atoms with Gasteiger partial charge in [0, 0.05) is 64.1 Å². The second-order valence-electron chi connectivity index (χ2n) is 19.9. The maximum absolute atomic E-state index is 14.3. The van der Waals surface area contributed by atoms with Crippen LogP contribution in [0.3, 0.4) is 0 Å². The third-order valence-electron chi connectivity index (χ3n) is 14.7. The molecular formula is C50H74O14. The van der Waals surface area contributed by atoms with Crippen molar-refractivity contribution >= 4 is 11.8 Å². The van der Waals surface area contributed by atoms with Crippen LogP contribution in [0.4, 0.5) is 0 Å². The van der Waals surface area contributed by atoms with E-state index >= 15 is 0 Å². The minimum atomic E-state index is -1.84. The Hall–Kier alpha value is -2.60. The molecular weight excluding hydrogens is 825 g/mol. The number of ether oxygens (including phenoxy) is 10. The third kappa shape index (κ3) is 10.3. The Bertz CT molecular complexity index is 1820. The summed E-state index contributed by atoms with van der Waals surface area (Å²) in [7, 11) is 3.32. The van der Waals surface area contributed by atoms with Gasteiger partial charge in [-0.1, -0.05) is 64.2 Å². The van der Waals surface area contributed by atoms with E-state index in [0.29, 0.717) is 43.3 Å². The van der Waals surface area contributed by atoms with Crippen molar-refractivity contribution in [3.05, 3.63) is 59.3 Å². The van der Waals surface area contributed by atoms with Crippen LogP contribution in [-0.4, -0.2) is 134 Å². The Morgan fingerprint density at radius 1 is 0.906 bits per heavy atom. The standard InChI is InChI=1S/C50H74O14/c1-26(2)44-29(5)17-18-49(64-44)24-36-21-35(63-49)16-15-28(4)45(27(3)13-12-14-34-25-57-47-43(52)30(6)19-38(48(53)60-36)50(34,47)54)61-42-23-40(56-11)46(33(9)59-42)62-41-22-39(55-10)37(20-31(7)51)32(8)58-41/h12-15,17-19,26-27,29,32-33,35-47,52,54H,16,20-25H2,1-11H3/b13-12+,28-15+,34-14+/t27-,29-,32-,33-,35+,36-,37-,38-,39-,40-,41-,42-,43+,44+,45-,46-,47+,49?,50+/m0/s1. The van der Waals surface area contributed by atoms with Crippen LogP contribution >= 0.6 is 0 Å². The molecule has 64 heavy (non-hydrogen) atoms. The van der Waals surface area contributed by atoms with Gasteiger partial charge in [-0.3, -0.25) is 4.79 Å². The van der Waals surface area contributed by atoms with Crippen LogP contribution in [0.25, 0.3) is 0 Å². The monoisotopic (exact) mass is 899 g/mol. The number of hydrogen-bond acceptors (Lipinski definition) is 14. The van der Waals surface area contributed by atoms with Crippen molar-refractivity contribution in [3.63, 3.8) is 0 Å². The molecule has 0 aromatic rings. The molecule has 0 saturated carbocycles. The number of ketones is 1. The number of aliphatic hydroxyl groups excluding tert-OH is 1. The molecule has 6 aliphatic heterocycles. The summed E-state index contributed by atoms with van der Waals surface area (Å²) in [6, 6.07) is 0. The molecule has 19 atom stereocenters. The van der Waals surface area contributed by atoms with Crippen LogP contribution in [0.15, 0.2) is 59.3 Å². The first-order valence-electron chi connectivity index (χ1n) is 23.5. The van der Waals surface area contributed by atoms with E-state index in [9.17, 15) is 19.8 Å². The molecule has 14 nitrogen and oxygen atoms in total. The number of esters is 1. The van der Waals surface area contributed by atoms with Crippen LogP contribution in [0, 0.1) is 29.6 Å². The molecule has 0 aromatic carbocycles. The molecule has 1 unspecified atom stereocenters. The van der Waals surface area contributed by atoms with Gasteiger partial charge >= 0.3 is 5.97 Å². The molecule has 358 valence electrons. The van der Waals surface area contributed by atoms with Crippen LogP contribution in [-0.2, 0) is 57.0 Å². The molecule has 2 N–H and O–H groups in total. The van der Waals surface area contributed by atoms with E-state index in [4.69, 9.17) is 47.4 Å². The molecule has 0 aromatic heterocycles. The maximum Gasteiger partial charge on any atom is 0.316 e. The fourth-order valence-electron chi connectivity index (χ4n) is 11.2. The van der Waals surface area contributed by atoms with Gasteiger partial charge in [-0.2, -0.15) is 0 Å². The molecule has 7 aliphatic rings. The van der Waals surface area contributed by atoms with Crippen molar-refractivity contribution in [2.45, 2.75) is 192 Å². The van der Waals surface area contributed by atoms with Crippen molar-refractivity contribution in [3.8, 4) is 0 Å². The second kappa shape index (κ2) is 20.3. The zero-order valence-corrected chi connectivity index (χ0v) is 39.7. The maximum atomic E-state index is 14.3. The van der Waals surface area contributed by atoms with E-state index in [1.165, 1.54) is 0 Å². The van der Waals surface area contributed by atoms with Crippen LogP contribution in [0.2, 0.25) is 0 Å². The highest BCUT2D eigenvalue weighted by Gasteiger charge is 2.60. The molecule has 1 spiro atoms. The zero-order chi connectivity index (χ0) is 46.2. The molecule has 2 bridgehead atoms. The van der Waals surface area contributed by atoms with Crippen molar-refractivity contribution in [1.82, 2.24) is 0 Å². The topological polar surface area (TPSA) is 167 Å². The Morgan fingerprint density at radius 2 is 1.61 bits per heavy atom. The molecule has 1 aliphatic carbocycles. The minimum Gasteiger partial charge on any atom is -0.462 e. The summed E-state index contributed by atoms with van der Waals surface area (Å²) < 4.78 is 64.4. The van der Waals surface area contributed by atoms with Crippen molar-refractivity contribution in [1.29, 1.82) is 0 Å². The van der Waals surface area contributed by atoms with Crippen molar-refractivity contribution < 1.29 is 67.2 Å². The fourth-order valence-corrected chi connectivity index (χ4v) is 11.2. The lowest BCUT2D eigenvalue weighted by molar-refractivity contribution is -0.315. The molecule has 14 heteroatoms. The number of carbonyl (C=O) groups excluding carboxylic acids is 2. The Balaban J connectivity index is 1.16. The highest BCUT2D eigenvalue weighted by Crippen LogP contribution is 2.47. The van der Waals surface area contributed by atoms with E-state index < -0.39 is 72.5 Å². The lowest BCUT2D eigenvalue weighted by atomic mass is 9.71. The molecule has 0 amide bonds. The number of fused-ring (bicyclic) bond motifs is 2. The van der Waals surface area contributed by atoms with Crippen molar-refractivity contribution in [2.75, 3.05) is 20.8 Å². The first-order chi connectivity index (χ1) is 30.4. The fraction of sp³-hybridized carbons (Fsp3) is 0.760. The lowest BCUT2D eigenvalue weighted by Crippen LogP contribution is -2.58. The van der Waals surface area contributed by atoms with Gasteiger partial charge in [-0.15, -0.1) is 0 Å². The average Bonchev–Trinajstić information content (AvgIpc) is 3.58. The number of rotatable bonds is 9. The minimum absolute atomic E-state index is 0.0297. The van der Waals surface area contributed by atoms with E-state index in [0.717, 1.165) is 5.57 Å². The smallest absolute Gasteiger partial charge is 0.316 e. The van der Waals surface area contributed by atoms with E-state index in [1.54, 1.807) is 40.2 Å². The summed E-state index contributed by atoms with van der Waals surface area (Å²) in [5.74, 6) is -2.61. The summed E-state index contributed by atoms with van der Waals surface area (Å²) in [6.07, 6.45) is 9.30. The first kappa shape index (κ1) is 49.3. The van der Waals surface area contributed by atoms with Gasteiger partial charge in [-0.25, -0.2) is 0 Å². The summed E-state index contributed by atoms with van der Waals surface area (Å²) in [6.45, 7) is 17.7. The van der Waals surface area contributed by atoms with Gasteiger partial charge in [0.15, 0.2) is 18.4 Å². The van der Waals surface area contributed by atoms with E-state index in [1.807, 2.05) is 39.0 Å². The average molecular weight is 899 g/mol. The summed E-state index contributed by atoms with van der Waals surface area (Å²) in [5, 5.41) is 23.7. The van der Waals surface area contributed by atoms with Crippen LogP contribution < -0.4 is 0 Å². The summed E-state index contributed by atoms with van der Waals surface area (Å²) >= 11 is 0. The number of hydrogen-bond donors (Lipinski definition) is 2. The molecule has 7 rings (SSSR count). The van der Waals surface area contributed by atoms with Gasteiger partial charge in [0.1, 0.15) is 41.7 Å². The SMILES string of the molecule is CO[C@H]1C[C@H](O[C@H]2[C@H](C)O[C@@H](O[C@@H]3/C(C)=C/C[C@@H]4C[C@@H](CC5(C=C[C@H](C)[C@@H](C(C)C)O5)O4)OC(=O)[C@@H]4C=C(C)[C@@H](O)[C@H]5OC/C(=C\C=C\[C@@H]3C)[C@]54O)C[C@@H]2OC)O[C@@H](C)[C@@H]1CC(C)=O. The van der Waals surface area contributed by atoms with Gasteiger partial charge < -0.3 is 62.4 Å². The number of aliphatic hydroxyl groups is 2. The highest BCUT2D eigenvalue weighted by molar-refractivity contribution is 5.78. The number of Topliss-reactive ketones (excluding diaryl/α,β-unsaturated/α-hetero) is 1. The number of allylic oxidation sites excluding steroid dienone is 2. The Labute approximate surface area is 379 Å². The van der Waals surface area contributed by atoms with Crippen LogP contribution in [0.1, 0.15) is 101 Å². The number of carbonyl (C=O) groups is 2. The normalized spacial score (nSPS) is 47.5. The summed E-state index contributed by atoms with van der Waals surface area (Å²) in [5.41, 5.74) is 0.127. The van der Waals surface area contributed by atoms with Gasteiger partial charge in [-0.05, 0) is 69.8 Å². The van der Waals surface area contributed by atoms with Gasteiger partial charge in [0.2, 0.25) is 0 Å². The van der Waals surface area contributed by atoms with E-state index in [-0.39, 0.29) is 73.0 Å². The number of methoxy groups -OCH3 is 2. The summed E-state index contributed by atoms with van der Waals surface area (Å²) in [4.78, 5) is 26.3. The predicted molar refractivity (Wildman–Crippen MR) is 235 cm³/mol. The van der Waals surface area contributed by atoms with Crippen LogP contribution in [0.5, 0.6) is 0 Å². The first-order valence-corrected chi connectivity index (χ1v) is 23.5.